The third-order valence-electron chi connectivity index (χ3n) is 13.2. The number of likely N-dealkylation sites (tertiary alicyclic amines) is 2. The van der Waals surface area contributed by atoms with E-state index in [2.05, 4.69) is 43.0 Å². The first-order valence-electron chi connectivity index (χ1n) is 22.0. The lowest BCUT2D eigenvalue weighted by Crippen LogP contribution is -2.47. The highest BCUT2D eigenvalue weighted by atomic mass is 32.1. The van der Waals surface area contributed by atoms with E-state index in [1.807, 2.05) is 45.9 Å². The van der Waals surface area contributed by atoms with Gasteiger partial charge in [0.15, 0.2) is 11.2 Å². The average molecular weight is 886 g/mol. The zero-order valence-corrected chi connectivity index (χ0v) is 35.9. The molecule has 10 rings (SSSR count). The molecule has 64 heavy (non-hydrogen) atoms. The number of fused-ring (bicyclic) bond motifs is 2. The van der Waals surface area contributed by atoms with E-state index in [4.69, 9.17) is 4.74 Å². The van der Waals surface area contributed by atoms with Crippen LogP contribution in [0, 0.1) is 5.82 Å². The van der Waals surface area contributed by atoms with Crippen molar-refractivity contribution >= 4 is 51.7 Å². The van der Waals surface area contributed by atoms with Crippen LogP contribution in [0.15, 0.2) is 78.6 Å². The summed E-state index contributed by atoms with van der Waals surface area (Å²) in [6, 6.07) is 17.1. The Kier molecular flexibility index (Phi) is 11.4. The van der Waals surface area contributed by atoms with Gasteiger partial charge in [0.25, 0.3) is 11.8 Å². The minimum atomic E-state index is -1.06. The highest BCUT2D eigenvalue weighted by Gasteiger charge is 2.42. The van der Waals surface area contributed by atoms with Gasteiger partial charge in [-0.25, -0.2) is 14.4 Å². The number of imide groups is 1. The predicted molar refractivity (Wildman–Crippen MR) is 236 cm³/mol. The zero-order valence-electron chi connectivity index (χ0n) is 35.1. The summed E-state index contributed by atoms with van der Waals surface area (Å²) in [6.45, 7) is 3.85. The number of thiazole rings is 1. The molecule has 5 aliphatic rings. The van der Waals surface area contributed by atoms with Crippen molar-refractivity contribution < 1.29 is 33.1 Å². The minimum absolute atomic E-state index is 0.0694. The maximum Gasteiger partial charge on any atom is 0.255 e. The van der Waals surface area contributed by atoms with Crippen LogP contribution in [0.4, 0.5) is 15.2 Å². The second kappa shape index (κ2) is 17.6. The molecule has 7 heterocycles. The fraction of sp³-hybridized carbons (Fsp3) is 0.383. The van der Waals surface area contributed by atoms with Crippen LogP contribution in [0.1, 0.15) is 83.4 Å². The number of benzene rings is 3. The molecule has 3 saturated heterocycles. The Balaban J connectivity index is 0.719. The quantitative estimate of drug-likeness (QED) is 0.136. The Bertz CT molecular complexity index is 2590. The minimum Gasteiger partial charge on any atom is -0.489 e. The van der Waals surface area contributed by atoms with Crippen LogP contribution in [0.5, 0.6) is 5.75 Å². The number of nitrogens with zero attached hydrogens (tertiary/aromatic N) is 6. The number of aryl methyl sites for hydroxylation is 1. The Morgan fingerprint density at radius 3 is 2.50 bits per heavy atom. The zero-order chi connectivity index (χ0) is 43.9. The Morgan fingerprint density at radius 2 is 1.73 bits per heavy atom. The van der Waals surface area contributed by atoms with Crippen LogP contribution in [0.25, 0.3) is 11.1 Å². The van der Waals surface area contributed by atoms with Crippen molar-refractivity contribution in [1.29, 1.82) is 0 Å². The standard InChI is InChI=1S/C47H48FN9O6S/c48-37-23-31(22-35-36(37)25-57(46(35)62)43(45(61)53-47-49-16-21-64-47)42-39-2-1-17-56(39)27-50-42)29-5-9-33(10-6-29)63-34-15-20-55(24-34)41(59)26-54-18-13-30(14-19-54)28-3-7-32(8-4-28)51-38-11-12-40(58)52-44(38)60/h3-10,16,21-23,27,30,34,38,43,51H,1-2,11-15,17-20,24-26H2,(H,49,53,61)(H,52,58,60)/t34-,38+,43?/m1/s1. The molecule has 330 valence electrons. The molecule has 17 heteroatoms. The maximum absolute atomic E-state index is 15.9. The van der Waals surface area contributed by atoms with Gasteiger partial charge in [0.1, 0.15) is 23.7 Å². The second-order valence-electron chi connectivity index (χ2n) is 17.2. The third-order valence-corrected chi connectivity index (χ3v) is 13.9. The molecule has 3 N–H and O–H groups in total. The number of rotatable bonds is 12. The molecule has 1 unspecified atom stereocenters. The number of hydrogen-bond donors (Lipinski definition) is 3. The van der Waals surface area contributed by atoms with Crippen molar-refractivity contribution in [3.63, 3.8) is 0 Å². The molecule has 5 amide bonds. The van der Waals surface area contributed by atoms with Crippen molar-refractivity contribution in [3.8, 4) is 16.9 Å². The number of amides is 5. The van der Waals surface area contributed by atoms with Crippen molar-refractivity contribution in [2.75, 3.05) is 43.4 Å². The van der Waals surface area contributed by atoms with E-state index >= 15 is 4.39 Å². The normalized spacial score (nSPS) is 20.5. The van der Waals surface area contributed by atoms with Crippen LogP contribution in [0.2, 0.25) is 0 Å². The lowest BCUT2D eigenvalue weighted by molar-refractivity contribution is -0.134. The van der Waals surface area contributed by atoms with Gasteiger partial charge in [-0.1, -0.05) is 24.3 Å². The van der Waals surface area contributed by atoms with Crippen molar-refractivity contribution in [1.82, 2.24) is 34.6 Å². The van der Waals surface area contributed by atoms with E-state index in [-0.39, 0.29) is 41.5 Å². The summed E-state index contributed by atoms with van der Waals surface area (Å²) < 4.78 is 24.2. The van der Waals surface area contributed by atoms with Gasteiger partial charge >= 0.3 is 0 Å². The Labute approximate surface area is 373 Å². The molecule has 2 aromatic heterocycles. The first-order chi connectivity index (χ1) is 31.1. The van der Waals surface area contributed by atoms with E-state index in [1.54, 1.807) is 24.0 Å². The van der Waals surface area contributed by atoms with Gasteiger partial charge in [0.05, 0.1) is 31.7 Å². The summed E-state index contributed by atoms with van der Waals surface area (Å²) in [4.78, 5) is 79.2. The fourth-order valence-corrected chi connectivity index (χ4v) is 10.3. The van der Waals surface area contributed by atoms with Gasteiger partial charge in [0.2, 0.25) is 17.7 Å². The van der Waals surface area contributed by atoms with Crippen LogP contribution >= 0.6 is 11.3 Å². The SMILES string of the molecule is O=C1CC[C@H](Nc2ccc(C3CCN(CC(=O)N4CC[C@@H](Oc5ccc(-c6cc(F)c7c(c6)C(=O)N(C(C(=O)Nc6nccs6)c6ncn8c6CCC8)C7)cc5)C4)CC3)cc2)C(=O)N1. The first kappa shape index (κ1) is 41.5. The van der Waals surface area contributed by atoms with Crippen molar-refractivity contribution in [2.24, 2.45) is 0 Å². The molecule has 3 fully saturated rings. The van der Waals surface area contributed by atoms with Crippen molar-refractivity contribution in [2.45, 2.75) is 82.1 Å². The number of ether oxygens (including phenoxy) is 1. The van der Waals surface area contributed by atoms with E-state index in [9.17, 15) is 24.0 Å². The van der Waals surface area contributed by atoms with Gasteiger partial charge in [0, 0.05) is 60.0 Å². The van der Waals surface area contributed by atoms with Gasteiger partial charge < -0.3 is 24.4 Å². The molecule has 5 aliphatic heterocycles. The van der Waals surface area contributed by atoms with E-state index in [0.717, 1.165) is 56.7 Å². The molecule has 0 bridgehead atoms. The predicted octanol–water partition coefficient (Wildman–Crippen LogP) is 5.50. The Morgan fingerprint density at radius 1 is 0.922 bits per heavy atom. The molecular formula is C47H48FN9O6S. The monoisotopic (exact) mass is 885 g/mol. The van der Waals surface area contributed by atoms with Crippen molar-refractivity contribution in [3.05, 3.63) is 112 Å². The molecular weight excluding hydrogens is 838 g/mol. The summed E-state index contributed by atoms with van der Waals surface area (Å²) in [5.74, 6) is -0.811. The molecule has 5 aromatic rings. The first-order valence-corrected chi connectivity index (χ1v) is 22.9. The number of piperidine rings is 2. The van der Waals surface area contributed by atoms with Crippen LogP contribution in [-0.4, -0.2) is 104 Å². The van der Waals surface area contributed by atoms with Crippen LogP contribution in [-0.2, 0) is 38.7 Å². The third kappa shape index (κ3) is 8.48. The summed E-state index contributed by atoms with van der Waals surface area (Å²) >= 11 is 1.27. The molecule has 3 atom stereocenters. The van der Waals surface area contributed by atoms with Crippen LogP contribution < -0.4 is 20.7 Å². The Hall–Kier alpha value is -6.46. The molecule has 0 spiro atoms. The number of imidazole rings is 1. The maximum atomic E-state index is 15.9. The van der Waals surface area contributed by atoms with E-state index < -0.39 is 29.7 Å². The summed E-state index contributed by atoms with van der Waals surface area (Å²) in [5.41, 5.74) is 5.18. The fourth-order valence-electron chi connectivity index (χ4n) is 9.73. The lowest BCUT2D eigenvalue weighted by atomic mass is 9.89. The molecule has 0 aliphatic carbocycles. The molecule has 15 nitrogen and oxygen atoms in total. The van der Waals surface area contributed by atoms with Gasteiger partial charge in [-0.3, -0.25) is 39.5 Å². The van der Waals surface area contributed by atoms with Gasteiger partial charge in [-0.05, 0) is 104 Å². The number of halogens is 1. The smallest absolute Gasteiger partial charge is 0.255 e. The lowest BCUT2D eigenvalue weighted by Gasteiger charge is -2.32. The number of aromatic nitrogens is 3. The molecule has 3 aromatic carbocycles. The number of nitrogens with one attached hydrogen (secondary N) is 3. The van der Waals surface area contributed by atoms with Gasteiger partial charge in [-0.15, -0.1) is 11.3 Å². The average Bonchev–Trinajstić information content (AvgIpc) is 4.16. The number of carbonyl (C=O) groups is 5. The number of anilines is 2. The highest BCUT2D eigenvalue weighted by Crippen LogP contribution is 2.38. The summed E-state index contributed by atoms with van der Waals surface area (Å²) in [6.07, 6.45) is 8.19. The number of hydrogen-bond acceptors (Lipinski definition) is 11. The van der Waals surface area contributed by atoms with Gasteiger partial charge in [-0.2, -0.15) is 0 Å². The van der Waals surface area contributed by atoms with E-state index in [0.29, 0.717) is 72.5 Å². The second-order valence-corrected chi connectivity index (χ2v) is 18.1. The molecule has 0 saturated carbocycles. The highest BCUT2D eigenvalue weighted by molar-refractivity contribution is 7.13. The summed E-state index contributed by atoms with van der Waals surface area (Å²) in [5, 5.41) is 10.6. The summed E-state index contributed by atoms with van der Waals surface area (Å²) in [7, 11) is 0. The van der Waals surface area contributed by atoms with Crippen LogP contribution in [0.3, 0.4) is 0 Å². The van der Waals surface area contributed by atoms with E-state index in [1.165, 1.54) is 27.9 Å². The largest absolute Gasteiger partial charge is 0.489 e. The topological polar surface area (TPSA) is 171 Å². The number of carbonyl (C=O) groups excluding carboxylic acids is 5. The molecule has 0 radical (unpaired) electrons.